The van der Waals surface area contributed by atoms with E-state index in [0.29, 0.717) is 6.42 Å². The first-order valence-electron chi connectivity index (χ1n) is 9.18. The molecule has 0 aromatic heterocycles. The molecule has 192 valence electrons. The Kier molecular flexibility index (Phi) is 30.4. The second-order valence-electron chi connectivity index (χ2n) is 6.31. The van der Waals surface area contributed by atoms with Gasteiger partial charge in [0.2, 0.25) is 0 Å². The van der Waals surface area contributed by atoms with Crippen LogP contribution >= 0.6 is 0 Å². The van der Waals surface area contributed by atoms with E-state index in [0.717, 1.165) is 6.08 Å². The van der Waals surface area contributed by atoms with Crippen molar-refractivity contribution in [2.45, 2.75) is 34.1 Å². The number of aliphatic carboxylic acids is 3. The van der Waals surface area contributed by atoms with Crippen LogP contribution in [0.2, 0.25) is 0 Å². The Balaban J connectivity index is -0.000000100. The molecule has 0 spiro atoms. The normalized spacial score (nSPS) is 8.61. The van der Waals surface area contributed by atoms with Gasteiger partial charge in [0, 0.05) is 28.2 Å². The van der Waals surface area contributed by atoms with Gasteiger partial charge in [0.1, 0.15) is 0 Å². The van der Waals surface area contributed by atoms with Crippen molar-refractivity contribution in [1.29, 1.82) is 0 Å². The lowest BCUT2D eigenvalue weighted by atomic mass is 9.88. The molecule has 11 heteroatoms. The predicted molar refractivity (Wildman–Crippen MR) is 124 cm³/mol. The molecule has 0 saturated carbocycles. The van der Waals surface area contributed by atoms with Crippen LogP contribution in [0.3, 0.4) is 0 Å². The summed E-state index contributed by atoms with van der Waals surface area (Å²) >= 11 is 0. The molecular formula is C22H38O11. The van der Waals surface area contributed by atoms with E-state index in [9.17, 15) is 19.2 Å². The standard InChI is InChI=1S/C6H14O3.4C4H6O2/c1-2-6(3-7,4-8)5-9;1-3-4(5)6-2;3*1-3(2)4(5)6/h7-9H,2-5H2,1H3;3H,1H2,2H3;3*1H2,2H3,(H,5,6). The van der Waals surface area contributed by atoms with Gasteiger partial charge in [0.25, 0.3) is 0 Å². The van der Waals surface area contributed by atoms with Crippen LogP contribution in [0.5, 0.6) is 0 Å². The maximum absolute atomic E-state index is 9.84. The lowest BCUT2D eigenvalue weighted by Crippen LogP contribution is -2.32. The van der Waals surface area contributed by atoms with Gasteiger partial charge in [-0.15, -0.1) is 0 Å². The second kappa shape index (κ2) is 25.0. The Morgan fingerprint density at radius 2 is 0.970 bits per heavy atom. The molecular weight excluding hydrogens is 440 g/mol. The topological polar surface area (TPSA) is 199 Å². The molecule has 0 aromatic rings. The summed E-state index contributed by atoms with van der Waals surface area (Å²) in [6, 6.07) is 0. The number of esters is 1. The average molecular weight is 479 g/mol. The molecule has 0 aliphatic rings. The van der Waals surface area contributed by atoms with Gasteiger partial charge in [-0.2, -0.15) is 0 Å². The summed E-state index contributed by atoms with van der Waals surface area (Å²) in [5.74, 6) is -3.20. The largest absolute Gasteiger partial charge is 0.478 e. The molecule has 0 aliphatic carbocycles. The first kappa shape index (κ1) is 40.1. The van der Waals surface area contributed by atoms with E-state index in [1.165, 1.54) is 27.9 Å². The predicted octanol–water partition coefficient (Wildman–Crippen LogP) is 1.65. The van der Waals surface area contributed by atoms with E-state index < -0.39 is 29.3 Å². The Morgan fingerprint density at radius 1 is 0.758 bits per heavy atom. The lowest BCUT2D eigenvalue weighted by molar-refractivity contribution is -0.135. The van der Waals surface area contributed by atoms with Crippen molar-refractivity contribution in [1.82, 2.24) is 0 Å². The van der Waals surface area contributed by atoms with Crippen LogP contribution in [0.1, 0.15) is 34.1 Å². The van der Waals surface area contributed by atoms with Crippen LogP contribution in [0.4, 0.5) is 0 Å². The fraction of sp³-hybridized carbons (Fsp3) is 0.455. The Morgan fingerprint density at radius 3 is 0.970 bits per heavy atom. The van der Waals surface area contributed by atoms with Crippen LogP contribution in [0.15, 0.2) is 49.1 Å². The van der Waals surface area contributed by atoms with Crippen molar-refractivity contribution >= 4 is 23.9 Å². The van der Waals surface area contributed by atoms with E-state index in [1.54, 1.807) is 0 Å². The highest BCUT2D eigenvalue weighted by molar-refractivity contribution is 5.85. The molecule has 0 unspecified atom stereocenters. The van der Waals surface area contributed by atoms with E-state index in [1.807, 2.05) is 6.92 Å². The summed E-state index contributed by atoms with van der Waals surface area (Å²) in [6.45, 7) is 18.3. The average Bonchev–Trinajstić information content (AvgIpc) is 2.76. The minimum atomic E-state index is -0.935. The number of methoxy groups -OCH3 is 1. The number of carboxylic acid groups (broad SMARTS) is 3. The zero-order valence-corrected chi connectivity index (χ0v) is 20.0. The molecule has 0 atom stereocenters. The van der Waals surface area contributed by atoms with Crippen molar-refractivity contribution in [2.75, 3.05) is 26.9 Å². The maximum Gasteiger partial charge on any atom is 0.330 e. The fourth-order valence-corrected chi connectivity index (χ4v) is 0.569. The minimum Gasteiger partial charge on any atom is -0.478 e. The number of carboxylic acids is 3. The van der Waals surface area contributed by atoms with Gasteiger partial charge in [-0.1, -0.05) is 33.2 Å². The van der Waals surface area contributed by atoms with Gasteiger partial charge >= 0.3 is 23.9 Å². The van der Waals surface area contributed by atoms with Gasteiger partial charge in [-0.05, 0) is 27.2 Å². The zero-order valence-electron chi connectivity index (χ0n) is 20.0. The molecule has 0 aliphatic heterocycles. The van der Waals surface area contributed by atoms with Crippen LogP contribution in [0, 0.1) is 5.41 Å². The monoisotopic (exact) mass is 478 g/mol. The number of aliphatic hydroxyl groups is 3. The van der Waals surface area contributed by atoms with Crippen LogP contribution in [-0.2, 0) is 23.9 Å². The highest BCUT2D eigenvalue weighted by Gasteiger charge is 2.24. The molecule has 0 fully saturated rings. The van der Waals surface area contributed by atoms with Crippen LogP contribution < -0.4 is 0 Å². The molecule has 0 bridgehead atoms. The third kappa shape index (κ3) is 33.6. The quantitative estimate of drug-likeness (QED) is 0.219. The number of carbonyl (C=O) groups is 4. The van der Waals surface area contributed by atoms with Crippen molar-refractivity contribution in [3.63, 3.8) is 0 Å². The molecule has 0 saturated heterocycles. The first-order chi connectivity index (χ1) is 15.0. The van der Waals surface area contributed by atoms with Crippen LogP contribution in [0.25, 0.3) is 0 Å². The third-order valence-corrected chi connectivity index (χ3v) is 3.22. The Bertz CT molecular complexity index is 530. The summed E-state index contributed by atoms with van der Waals surface area (Å²) in [7, 11) is 1.31. The highest BCUT2D eigenvalue weighted by Crippen LogP contribution is 2.18. The van der Waals surface area contributed by atoms with Crippen molar-refractivity contribution in [2.24, 2.45) is 5.41 Å². The van der Waals surface area contributed by atoms with Gasteiger partial charge < -0.3 is 35.4 Å². The number of aliphatic hydroxyl groups excluding tert-OH is 3. The molecule has 0 aromatic carbocycles. The summed E-state index contributed by atoms with van der Waals surface area (Å²) in [5, 5.41) is 49.6. The van der Waals surface area contributed by atoms with Crippen LogP contribution in [-0.4, -0.2) is 81.4 Å². The summed E-state index contributed by atoms with van der Waals surface area (Å²) in [4.78, 5) is 38.6. The number of ether oxygens (including phenoxy) is 1. The Labute approximate surface area is 194 Å². The van der Waals surface area contributed by atoms with Gasteiger partial charge in [-0.3, -0.25) is 0 Å². The molecule has 0 heterocycles. The molecule has 11 nitrogen and oxygen atoms in total. The number of hydrogen-bond donors (Lipinski definition) is 6. The van der Waals surface area contributed by atoms with Crippen molar-refractivity contribution in [3.05, 3.63) is 49.1 Å². The smallest absolute Gasteiger partial charge is 0.330 e. The summed E-state index contributed by atoms with van der Waals surface area (Å²) in [5.41, 5.74) is -0.139. The number of rotatable bonds is 8. The first-order valence-corrected chi connectivity index (χ1v) is 9.18. The fourth-order valence-electron chi connectivity index (χ4n) is 0.569. The third-order valence-electron chi connectivity index (χ3n) is 3.22. The summed E-state index contributed by atoms with van der Waals surface area (Å²) < 4.78 is 4.14. The van der Waals surface area contributed by atoms with E-state index in [-0.39, 0.29) is 36.5 Å². The van der Waals surface area contributed by atoms with Gasteiger partial charge in [-0.25, -0.2) is 19.2 Å². The van der Waals surface area contributed by atoms with Crippen molar-refractivity contribution in [3.8, 4) is 0 Å². The zero-order chi connectivity index (χ0) is 27.8. The van der Waals surface area contributed by atoms with E-state index in [2.05, 4.69) is 31.1 Å². The summed E-state index contributed by atoms with van der Waals surface area (Å²) in [6.07, 6.45) is 1.70. The van der Waals surface area contributed by atoms with E-state index >= 15 is 0 Å². The van der Waals surface area contributed by atoms with Crippen molar-refractivity contribution < 1.29 is 54.6 Å². The Hall–Kier alpha value is -3.28. The van der Waals surface area contributed by atoms with Gasteiger partial charge in [0.15, 0.2) is 0 Å². The van der Waals surface area contributed by atoms with Gasteiger partial charge in [0.05, 0.1) is 26.9 Å². The molecule has 0 amide bonds. The molecule has 6 N–H and O–H groups in total. The second-order valence-corrected chi connectivity index (χ2v) is 6.31. The molecule has 33 heavy (non-hydrogen) atoms. The lowest BCUT2D eigenvalue weighted by Gasteiger charge is -2.24. The minimum absolute atomic E-state index is 0.156. The number of carbonyl (C=O) groups excluding carboxylic acids is 1. The SMILES string of the molecule is C=C(C)C(=O)O.C=C(C)C(=O)O.C=C(C)C(=O)O.C=CC(=O)OC.CCC(CO)(CO)CO. The maximum atomic E-state index is 9.84. The highest BCUT2D eigenvalue weighted by atomic mass is 16.5. The molecule has 0 radical (unpaired) electrons. The molecule has 0 rings (SSSR count). The van der Waals surface area contributed by atoms with E-state index in [4.69, 9.17) is 30.6 Å². The number of hydrogen-bond acceptors (Lipinski definition) is 8.